The number of benzene rings is 1. The van der Waals surface area contributed by atoms with Crippen LogP contribution in [0.5, 0.6) is 0 Å². The summed E-state index contributed by atoms with van der Waals surface area (Å²) in [5, 5.41) is 0. The van der Waals surface area contributed by atoms with Gasteiger partial charge in [-0.2, -0.15) is 0 Å². The molecule has 18 heavy (non-hydrogen) atoms. The molecule has 1 aliphatic carbocycles. The second kappa shape index (κ2) is 4.55. The zero-order chi connectivity index (χ0) is 13.4. The molecule has 0 bridgehead atoms. The lowest BCUT2D eigenvalue weighted by Crippen LogP contribution is -2.39. The lowest BCUT2D eigenvalue weighted by atomic mass is 9.60. The van der Waals surface area contributed by atoms with E-state index < -0.39 is 0 Å². The molecule has 0 aromatic heterocycles. The van der Waals surface area contributed by atoms with Crippen LogP contribution in [0.25, 0.3) is 5.57 Å². The Balaban J connectivity index is 2.51. The van der Waals surface area contributed by atoms with Crippen LogP contribution in [0.15, 0.2) is 36.4 Å². The van der Waals surface area contributed by atoms with Gasteiger partial charge in [0.05, 0.1) is 0 Å². The number of hydrogen-bond acceptors (Lipinski definition) is 1. The molecule has 2 rings (SSSR count). The Morgan fingerprint density at radius 1 is 1.11 bits per heavy atom. The highest BCUT2D eigenvalue weighted by Gasteiger charge is 2.40. The van der Waals surface area contributed by atoms with Gasteiger partial charge in [0, 0.05) is 5.92 Å². The third kappa shape index (κ3) is 2.51. The first-order chi connectivity index (χ1) is 8.36. The highest BCUT2D eigenvalue weighted by atomic mass is 14.6. The normalized spacial score (nSPS) is 25.6. The molecule has 0 radical (unpaired) electrons. The first-order valence-electron chi connectivity index (χ1n) is 6.84. The Labute approximate surface area is 111 Å². The maximum absolute atomic E-state index is 6.05. The van der Waals surface area contributed by atoms with E-state index in [4.69, 9.17) is 5.73 Å². The van der Waals surface area contributed by atoms with Gasteiger partial charge in [0.1, 0.15) is 0 Å². The van der Waals surface area contributed by atoms with E-state index in [0.717, 1.165) is 6.54 Å². The molecule has 0 amide bonds. The van der Waals surface area contributed by atoms with Gasteiger partial charge in [-0.25, -0.2) is 0 Å². The first-order valence-corrected chi connectivity index (χ1v) is 6.84. The number of allylic oxidation sites excluding steroid dienone is 1. The van der Waals surface area contributed by atoms with Crippen LogP contribution in [-0.2, 0) is 0 Å². The van der Waals surface area contributed by atoms with Crippen LogP contribution < -0.4 is 5.73 Å². The zero-order valence-electron chi connectivity index (χ0n) is 12.0. The summed E-state index contributed by atoms with van der Waals surface area (Å²) in [6.07, 6.45) is 3.63. The maximum atomic E-state index is 6.05. The van der Waals surface area contributed by atoms with Crippen molar-refractivity contribution in [1.82, 2.24) is 0 Å². The molecule has 0 saturated heterocycles. The number of rotatable bonds is 2. The maximum Gasteiger partial charge on any atom is 0.00157 e. The van der Waals surface area contributed by atoms with Crippen molar-refractivity contribution in [3.05, 3.63) is 42.0 Å². The molecule has 1 aliphatic rings. The molecule has 1 nitrogen and oxygen atoms in total. The molecule has 0 heterocycles. The molecule has 1 unspecified atom stereocenters. The van der Waals surface area contributed by atoms with Gasteiger partial charge in [0.2, 0.25) is 0 Å². The molecule has 0 saturated carbocycles. The van der Waals surface area contributed by atoms with E-state index in [1.54, 1.807) is 0 Å². The van der Waals surface area contributed by atoms with E-state index >= 15 is 0 Å². The zero-order valence-corrected chi connectivity index (χ0v) is 12.0. The lowest BCUT2D eigenvalue weighted by molar-refractivity contribution is 0.168. The highest BCUT2D eigenvalue weighted by Crippen LogP contribution is 2.50. The van der Waals surface area contributed by atoms with Crippen molar-refractivity contribution in [2.75, 3.05) is 6.54 Å². The predicted molar refractivity (Wildman–Crippen MR) is 79.1 cm³/mol. The van der Waals surface area contributed by atoms with Crippen LogP contribution in [0.1, 0.15) is 39.7 Å². The average molecular weight is 243 g/mol. The monoisotopic (exact) mass is 243 g/mol. The van der Waals surface area contributed by atoms with E-state index in [-0.39, 0.29) is 10.8 Å². The van der Waals surface area contributed by atoms with Crippen LogP contribution in [0.4, 0.5) is 0 Å². The Morgan fingerprint density at radius 3 is 2.28 bits per heavy atom. The van der Waals surface area contributed by atoms with E-state index in [1.165, 1.54) is 17.6 Å². The molecule has 0 aliphatic heterocycles. The van der Waals surface area contributed by atoms with Crippen molar-refractivity contribution >= 4 is 5.57 Å². The highest BCUT2D eigenvalue weighted by molar-refractivity contribution is 5.70. The van der Waals surface area contributed by atoms with Crippen molar-refractivity contribution in [2.24, 2.45) is 22.5 Å². The van der Waals surface area contributed by atoms with Gasteiger partial charge < -0.3 is 5.73 Å². The summed E-state index contributed by atoms with van der Waals surface area (Å²) in [7, 11) is 0. The van der Waals surface area contributed by atoms with E-state index in [2.05, 4.69) is 64.1 Å². The molecule has 1 aromatic carbocycles. The van der Waals surface area contributed by atoms with Gasteiger partial charge >= 0.3 is 0 Å². The van der Waals surface area contributed by atoms with Crippen molar-refractivity contribution in [1.29, 1.82) is 0 Å². The fourth-order valence-electron chi connectivity index (χ4n) is 3.65. The molecule has 1 aromatic rings. The SMILES string of the molecule is CC1(C)C=C(c2ccccc2)C(CN)C(C)(C)C1. The van der Waals surface area contributed by atoms with Gasteiger partial charge in [-0.1, -0.05) is 64.1 Å². The van der Waals surface area contributed by atoms with Gasteiger partial charge in [-0.15, -0.1) is 0 Å². The molecule has 98 valence electrons. The van der Waals surface area contributed by atoms with Crippen molar-refractivity contribution in [3.63, 3.8) is 0 Å². The van der Waals surface area contributed by atoms with Crippen molar-refractivity contribution in [3.8, 4) is 0 Å². The average Bonchev–Trinajstić information content (AvgIpc) is 2.27. The third-order valence-electron chi connectivity index (χ3n) is 4.12. The molecule has 1 atom stereocenters. The van der Waals surface area contributed by atoms with Crippen LogP contribution in [0.3, 0.4) is 0 Å². The van der Waals surface area contributed by atoms with Crippen LogP contribution >= 0.6 is 0 Å². The Hall–Kier alpha value is -1.08. The standard InChI is InChI=1S/C17H25N/c1-16(2)10-14(13-8-6-5-7-9-13)15(11-18)17(3,4)12-16/h5-10,15H,11-12,18H2,1-4H3. The fraction of sp³-hybridized carbons (Fsp3) is 0.529. The van der Waals surface area contributed by atoms with Crippen molar-refractivity contribution < 1.29 is 0 Å². The minimum atomic E-state index is 0.250. The van der Waals surface area contributed by atoms with E-state index in [9.17, 15) is 0 Å². The summed E-state index contributed by atoms with van der Waals surface area (Å²) < 4.78 is 0. The van der Waals surface area contributed by atoms with E-state index in [0.29, 0.717) is 5.92 Å². The molecule has 0 fully saturated rings. The Morgan fingerprint density at radius 2 is 1.72 bits per heavy atom. The van der Waals surface area contributed by atoms with Gasteiger partial charge in [0.25, 0.3) is 0 Å². The molecular weight excluding hydrogens is 218 g/mol. The van der Waals surface area contributed by atoms with Crippen LogP contribution in [-0.4, -0.2) is 6.54 Å². The summed E-state index contributed by atoms with van der Waals surface area (Å²) in [5.41, 5.74) is 9.32. The molecule has 1 heteroatoms. The van der Waals surface area contributed by atoms with Crippen molar-refractivity contribution in [2.45, 2.75) is 34.1 Å². The minimum Gasteiger partial charge on any atom is -0.330 e. The summed E-state index contributed by atoms with van der Waals surface area (Å²) >= 11 is 0. The molecule has 0 spiro atoms. The van der Waals surface area contributed by atoms with Gasteiger partial charge in [-0.05, 0) is 34.9 Å². The molecule has 2 N–H and O–H groups in total. The van der Waals surface area contributed by atoms with Gasteiger partial charge in [0.15, 0.2) is 0 Å². The number of hydrogen-bond donors (Lipinski definition) is 1. The van der Waals surface area contributed by atoms with Crippen LogP contribution in [0.2, 0.25) is 0 Å². The predicted octanol–water partition coefficient (Wildman–Crippen LogP) is 4.10. The third-order valence-corrected chi connectivity index (χ3v) is 4.12. The second-order valence-corrected chi connectivity index (χ2v) is 6.91. The smallest absolute Gasteiger partial charge is 0.00157 e. The summed E-state index contributed by atoms with van der Waals surface area (Å²) in [5.74, 6) is 0.452. The number of nitrogens with two attached hydrogens (primary N) is 1. The van der Waals surface area contributed by atoms with E-state index in [1.807, 2.05) is 0 Å². The topological polar surface area (TPSA) is 26.0 Å². The minimum absolute atomic E-state index is 0.250. The van der Waals surface area contributed by atoms with Crippen LogP contribution in [0, 0.1) is 16.7 Å². The first kappa shape index (κ1) is 13.4. The summed E-state index contributed by atoms with van der Waals surface area (Å²) in [4.78, 5) is 0. The summed E-state index contributed by atoms with van der Waals surface area (Å²) in [6.45, 7) is 10.1. The lowest BCUT2D eigenvalue weighted by Gasteiger charge is -2.45. The quantitative estimate of drug-likeness (QED) is 0.831. The Bertz CT molecular complexity index is 440. The Kier molecular flexibility index (Phi) is 3.37. The largest absolute Gasteiger partial charge is 0.330 e. The van der Waals surface area contributed by atoms with Gasteiger partial charge in [-0.3, -0.25) is 0 Å². The second-order valence-electron chi connectivity index (χ2n) is 6.91. The fourth-order valence-corrected chi connectivity index (χ4v) is 3.65. The molecular formula is C17H25N. The summed E-state index contributed by atoms with van der Waals surface area (Å²) in [6, 6.07) is 10.7.